The minimum atomic E-state index is -2.85. The molecule has 6 heteroatoms. The summed E-state index contributed by atoms with van der Waals surface area (Å²) < 4.78 is 35.4. The smallest absolute Gasteiger partial charge is 0.387 e. The molecule has 0 radical (unpaired) electrons. The first kappa shape index (κ1) is 16.5. The van der Waals surface area contributed by atoms with Crippen LogP contribution in [-0.4, -0.2) is 55.7 Å². The number of halogens is 2. The third-order valence-corrected chi connectivity index (χ3v) is 5.11. The van der Waals surface area contributed by atoms with Crippen LogP contribution in [0.4, 0.5) is 8.78 Å². The summed E-state index contributed by atoms with van der Waals surface area (Å²) in [6.45, 7) is -0.290. The number of hydrogen-bond acceptors (Lipinski definition) is 4. The van der Waals surface area contributed by atoms with Gasteiger partial charge in [-0.1, -0.05) is 12.1 Å². The monoisotopic (exact) mass is 326 g/mol. The Morgan fingerprint density at radius 3 is 2.74 bits per heavy atom. The molecular weight excluding hydrogens is 302 g/mol. The highest BCUT2D eigenvalue weighted by Crippen LogP contribution is 2.35. The Bertz CT molecular complexity index is 541. The number of hydrogen-bond donors (Lipinski definition) is 0. The molecule has 3 rings (SSSR count). The van der Waals surface area contributed by atoms with E-state index < -0.39 is 6.61 Å². The van der Waals surface area contributed by atoms with Crippen LogP contribution in [0.2, 0.25) is 0 Å². The van der Waals surface area contributed by atoms with Crippen LogP contribution in [0.15, 0.2) is 18.2 Å². The van der Waals surface area contributed by atoms with E-state index in [-0.39, 0.29) is 5.75 Å². The Labute approximate surface area is 136 Å². The maximum absolute atomic E-state index is 12.7. The summed E-state index contributed by atoms with van der Waals surface area (Å²) in [6.07, 6.45) is 3.62. The minimum absolute atomic E-state index is 0.160. The first-order valence-corrected chi connectivity index (χ1v) is 8.13. The van der Waals surface area contributed by atoms with Gasteiger partial charge >= 0.3 is 6.61 Å². The molecule has 0 saturated carbocycles. The van der Waals surface area contributed by atoms with Crippen LogP contribution >= 0.6 is 0 Å². The molecule has 1 aromatic rings. The number of fused-ring (bicyclic) bond motifs is 2. The molecule has 23 heavy (non-hydrogen) atoms. The number of ether oxygens (including phenoxy) is 2. The van der Waals surface area contributed by atoms with Crippen LogP contribution < -0.4 is 9.47 Å². The zero-order valence-corrected chi connectivity index (χ0v) is 13.7. The SMILES string of the molecule is COc1cccc(CN2CC[C@H]3CC[C@@H](C2)N3C)c1OC(F)F. The van der Waals surface area contributed by atoms with Gasteiger partial charge in [-0.15, -0.1) is 0 Å². The highest BCUT2D eigenvalue weighted by molar-refractivity contribution is 5.46. The second kappa shape index (κ2) is 7.01. The van der Waals surface area contributed by atoms with Gasteiger partial charge in [0.05, 0.1) is 7.11 Å². The summed E-state index contributed by atoms with van der Waals surface area (Å²) >= 11 is 0. The number of likely N-dealkylation sites (tertiary alicyclic amines) is 1. The van der Waals surface area contributed by atoms with E-state index >= 15 is 0 Å². The van der Waals surface area contributed by atoms with Crippen molar-refractivity contribution in [2.24, 2.45) is 0 Å². The predicted octanol–water partition coefficient (Wildman–Crippen LogP) is 2.97. The first-order chi connectivity index (χ1) is 11.1. The van der Waals surface area contributed by atoms with Crippen LogP contribution in [0, 0.1) is 0 Å². The van der Waals surface area contributed by atoms with Crippen molar-refractivity contribution in [1.82, 2.24) is 9.80 Å². The number of rotatable bonds is 5. The maximum Gasteiger partial charge on any atom is 0.387 e. The largest absolute Gasteiger partial charge is 0.493 e. The van der Waals surface area contributed by atoms with Crippen LogP contribution in [0.3, 0.4) is 0 Å². The van der Waals surface area contributed by atoms with Crippen LogP contribution in [0.1, 0.15) is 24.8 Å². The van der Waals surface area contributed by atoms with Crippen LogP contribution in [0.25, 0.3) is 0 Å². The summed E-state index contributed by atoms with van der Waals surface area (Å²) in [4.78, 5) is 4.82. The molecule has 0 amide bonds. The Morgan fingerprint density at radius 2 is 2.00 bits per heavy atom. The quantitative estimate of drug-likeness (QED) is 0.830. The lowest BCUT2D eigenvalue weighted by Gasteiger charge is -2.26. The van der Waals surface area contributed by atoms with Crippen molar-refractivity contribution in [2.75, 3.05) is 27.2 Å². The molecule has 4 nitrogen and oxygen atoms in total. The maximum atomic E-state index is 12.7. The highest BCUT2D eigenvalue weighted by Gasteiger charge is 2.34. The van der Waals surface area contributed by atoms with Gasteiger partial charge in [0.25, 0.3) is 0 Å². The molecule has 128 valence electrons. The second-order valence-corrected chi connectivity index (χ2v) is 6.40. The van der Waals surface area contributed by atoms with E-state index in [0.29, 0.717) is 24.4 Å². The van der Waals surface area contributed by atoms with Gasteiger partial charge in [-0.2, -0.15) is 8.78 Å². The first-order valence-electron chi connectivity index (χ1n) is 8.13. The molecule has 2 fully saturated rings. The highest BCUT2D eigenvalue weighted by atomic mass is 19.3. The van der Waals surface area contributed by atoms with E-state index in [0.717, 1.165) is 25.1 Å². The molecule has 1 aromatic carbocycles. The van der Waals surface area contributed by atoms with Gasteiger partial charge in [0.15, 0.2) is 11.5 Å². The molecule has 2 aliphatic heterocycles. The second-order valence-electron chi connectivity index (χ2n) is 6.40. The summed E-state index contributed by atoms with van der Waals surface area (Å²) in [5, 5.41) is 0. The van der Waals surface area contributed by atoms with Crippen molar-refractivity contribution in [1.29, 1.82) is 0 Å². The number of para-hydroxylation sites is 1. The molecule has 2 saturated heterocycles. The van der Waals surface area contributed by atoms with Crippen molar-refractivity contribution in [3.63, 3.8) is 0 Å². The van der Waals surface area contributed by atoms with Crippen molar-refractivity contribution in [3.8, 4) is 11.5 Å². The lowest BCUT2D eigenvalue weighted by Crippen LogP contribution is -2.36. The number of likely N-dealkylation sites (N-methyl/N-ethyl adjacent to an activating group) is 1. The van der Waals surface area contributed by atoms with Crippen molar-refractivity contribution >= 4 is 0 Å². The average molecular weight is 326 g/mol. The van der Waals surface area contributed by atoms with Gasteiger partial charge in [-0.3, -0.25) is 9.80 Å². The molecule has 0 aromatic heterocycles. The average Bonchev–Trinajstić information content (AvgIpc) is 2.76. The van der Waals surface area contributed by atoms with Crippen LogP contribution in [-0.2, 0) is 6.54 Å². The Balaban J connectivity index is 1.77. The van der Waals surface area contributed by atoms with E-state index in [9.17, 15) is 8.78 Å². The topological polar surface area (TPSA) is 24.9 Å². The van der Waals surface area contributed by atoms with E-state index in [1.165, 1.54) is 20.0 Å². The van der Waals surface area contributed by atoms with Gasteiger partial charge < -0.3 is 9.47 Å². The van der Waals surface area contributed by atoms with Crippen LogP contribution in [0.5, 0.6) is 11.5 Å². The fraction of sp³-hybridized carbons (Fsp3) is 0.647. The van der Waals surface area contributed by atoms with Gasteiger partial charge in [0.2, 0.25) is 0 Å². The molecule has 2 heterocycles. The number of benzene rings is 1. The Kier molecular flexibility index (Phi) is 5.02. The predicted molar refractivity (Wildman–Crippen MR) is 84.1 cm³/mol. The van der Waals surface area contributed by atoms with Gasteiger partial charge in [-0.05, 0) is 32.4 Å². The molecule has 0 N–H and O–H groups in total. The molecule has 0 spiro atoms. The molecule has 0 aliphatic carbocycles. The van der Waals surface area contributed by atoms with E-state index in [2.05, 4.69) is 16.8 Å². The van der Waals surface area contributed by atoms with E-state index in [4.69, 9.17) is 9.47 Å². The fourth-order valence-electron chi connectivity index (χ4n) is 3.83. The molecule has 2 bridgehead atoms. The molecule has 0 unspecified atom stereocenters. The van der Waals surface area contributed by atoms with Gasteiger partial charge in [0.1, 0.15) is 0 Å². The molecule has 2 atom stereocenters. The van der Waals surface area contributed by atoms with Crippen molar-refractivity contribution in [3.05, 3.63) is 23.8 Å². The zero-order valence-electron chi connectivity index (χ0n) is 13.7. The Morgan fingerprint density at radius 1 is 1.22 bits per heavy atom. The van der Waals surface area contributed by atoms with E-state index in [1.807, 2.05) is 12.1 Å². The van der Waals surface area contributed by atoms with Crippen molar-refractivity contribution in [2.45, 2.75) is 44.5 Å². The van der Waals surface area contributed by atoms with Crippen molar-refractivity contribution < 1.29 is 18.3 Å². The summed E-state index contributed by atoms with van der Waals surface area (Å²) in [5.74, 6) is 0.518. The lowest BCUT2D eigenvalue weighted by molar-refractivity contribution is -0.0521. The summed E-state index contributed by atoms with van der Waals surface area (Å²) in [7, 11) is 3.67. The number of methoxy groups -OCH3 is 1. The van der Waals surface area contributed by atoms with E-state index in [1.54, 1.807) is 6.07 Å². The standard InChI is InChI=1S/C17H24F2N2O2/c1-20-13-6-7-14(20)11-21(9-8-13)10-12-4-3-5-15(22-2)16(12)23-17(18)19/h3-5,13-14,17H,6-11H2,1-2H3/t13-,14+/m1/s1. The third-order valence-electron chi connectivity index (χ3n) is 5.11. The number of alkyl halides is 2. The Hall–Kier alpha value is -1.40. The molecular formula is C17H24F2N2O2. The molecule has 2 aliphatic rings. The van der Waals surface area contributed by atoms with Gasteiger partial charge in [0, 0.05) is 37.3 Å². The lowest BCUT2D eigenvalue weighted by atomic mass is 10.1. The summed E-state index contributed by atoms with van der Waals surface area (Å²) in [5.41, 5.74) is 0.755. The summed E-state index contributed by atoms with van der Waals surface area (Å²) in [6, 6.07) is 6.54. The minimum Gasteiger partial charge on any atom is -0.493 e. The van der Waals surface area contributed by atoms with Gasteiger partial charge in [-0.25, -0.2) is 0 Å². The third kappa shape index (κ3) is 3.58. The normalized spacial score (nSPS) is 25.6. The zero-order chi connectivity index (χ0) is 16.4. The number of nitrogens with zero attached hydrogens (tertiary/aromatic N) is 2. The fourth-order valence-corrected chi connectivity index (χ4v) is 3.83.